The molecule has 68 valence electrons. The number of hydrogen-bond acceptors (Lipinski definition) is 5. The molecule has 0 aromatic carbocycles. The summed E-state index contributed by atoms with van der Waals surface area (Å²) >= 11 is 0. The molecule has 0 radical (unpaired) electrons. The van der Waals surface area contributed by atoms with E-state index in [4.69, 9.17) is 5.26 Å². The maximum atomic E-state index is 11.2. The van der Waals surface area contributed by atoms with Crippen LogP contribution in [-0.2, 0) is 9.53 Å². The zero-order valence-electron chi connectivity index (χ0n) is 7.13. The van der Waals surface area contributed by atoms with E-state index >= 15 is 0 Å². The van der Waals surface area contributed by atoms with Crippen LogP contribution in [0.15, 0.2) is 23.8 Å². The van der Waals surface area contributed by atoms with Crippen LogP contribution in [0.3, 0.4) is 0 Å². The number of nitriles is 1. The molecule has 0 atom stereocenters. The molecule has 0 unspecified atom stereocenters. The van der Waals surface area contributed by atoms with Gasteiger partial charge in [-0.25, -0.2) is 4.79 Å². The Bertz CT molecular complexity index is 302. The first-order valence-electron chi connectivity index (χ1n) is 3.79. The topological polar surface area (TPSA) is 74.2 Å². The standard InChI is InChI=1S/C8H9N3O2/c1-2-13-8(12)6(5-9)7-10-3-4-11-7/h3-4,10-11H,2H2,1H3. The zero-order valence-corrected chi connectivity index (χ0v) is 7.13. The molecule has 0 aliphatic carbocycles. The van der Waals surface area contributed by atoms with Crippen LogP contribution in [0.1, 0.15) is 6.92 Å². The van der Waals surface area contributed by atoms with Gasteiger partial charge in [0.15, 0.2) is 5.57 Å². The summed E-state index contributed by atoms with van der Waals surface area (Å²) in [7, 11) is 0. The van der Waals surface area contributed by atoms with Crippen LogP contribution in [0, 0.1) is 11.3 Å². The smallest absolute Gasteiger partial charge is 0.352 e. The van der Waals surface area contributed by atoms with Crippen molar-refractivity contribution in [3.8, 4) is 6.07 Å². The fourth-order valence-corrected chi connectivity index (χ4v) is 0.843. The SMILES string of the molecule is CCOC(=O)C(C#N)=C1NC=CN1. The summed E-state index contributed by atoms with van der Waals surface area (Å²) in [4.78, 5) is 11.2. The van der Waals surface area contributed by atoms with Gasteiger partial charge in [0.25, 0.3) is 0 Å². The van der Waals surface area contributed by atoms with E-state index in [1.807, 2.05) is 0 Å². The molecule has 5 heteroatoms. The van der Waals surface area contributed by atoms with Crippen LogP contribution in [0.25, 0.3) is 0 Å². The summed E-state index contributed by atoms with van der Waals surface area (Å²) in [6, 6.07) is 1.77. The summed E-state index contributed by atoms with van der Waals surface area (Å²) < 4.78 is 4.68. The second kappa shape index (κ2) is 4.16. The third-order valence-electron chi connectivity index (χ3n) is 1.38. The van der Waals surface area contributed by atoms with Gasteiger partial charge >= 0.3 is 5.97 Å². The summed E-state index contributed by atoms with van der Waals surface area (Å²) in [5.74, 6) is -0.260. The molecule has 0 fully saturated rings. The van der Waals surface area contributed by atoms with Gasteiger partial charge in [-0.15, -0.1) is 0 Å². The summed E-state index contributed by atoms with van der Waals surface area (Å²) in [6.07, 6.45) is 3.18. The van der Waals surface area contributed by atoms with Gasteiger partial charge in [0.2, 0.25) is 0 Å². The maximum absolute atomic E-state index is 11.2. The van der Waals surface area contributed by atoms with Crippen molar-refractivity contribution in [2.75, 3.05) is 6.61 Å². The molecule has 0 spiro atoms. The average Bonchev–Trinajstić information content (AvgIpc) is 2.59. The second-order valence-corrected chi connectivity index (χ2v) is 2.20. The molecule has 0 saturated heterocycles. The van der Waals surface area contributed by atoms with E-state index in [0.717, 1.165) is 0 Å². The van der Waals surface area contributed by atoms with Crippen LogP contribution >= 0.6 is 0 Å². The largest absolute Gasteiger partial charge is 0.462 e. The summed E-state index contributed by atoms with van der Waals surface area (Å²) in [5.41, 5.74) is -0.0492. The van der Waals surface area contributed by atoms with Gasteiger partial charge in [0.05, 0.1) is 6.61 Å². The first-order valence-corrected chi connectivity index (χ1v) is 3.79. The van der Waals surface area contributed by atoms with Gasteiger partial charge < -0.3 is 15.4 Å². The molecule has 0 aromatic rings. The minimum atomic E-state index is -0.622. The fourth-order valence-electron chi connectivity index (χ4n) is 0.843. The highest BCUT2D eigenvalue weighted by Crippen LogP contribution is 2.03. The summed E-state index contributed by atoms with van der Waals surface area (Å²) in [5, 5.41) is 14.1. The number of nitrogens with one attached hydrogen (secondary N) is 2. The minimum absolute atomic E-state index is 0.0492. The zero-order chi connectivity index (χ0) is 9.68. The van der Waals surface area contributed by atoms with Crippen LogP contribution < -0.4 is 10.6 Å². The molecule has 5 nitrogen and oxygen atoms in total. The first kappa shape index (κ1) is 9.13. The van der Waals surface area contributed by atoms with Crippen LogP contribution in [0.5, 0.6) is 0 Å². The highest BCUT2D eigenvalue weighted by Gasteiger charge is 2.16. The van der Waals surface area contributed by atoms with Crippen molar-refractivity contribution in [1.29, 1.82) is 5.26 Å². The number of ether oxygens (including phenoxy) is 1. The summed E-state index contributed by atoms with van der Waals surface area (Å²) in [6.45, 7) is 1.94. The Balaban J connectivity index is 2.79. The van der Waals surface area contributed by atoms with E-state index in [0.29, 0.717) is 5.82 Å². The monoisotopic (exact) mass is 179 g/mol. The van der Waals surface area contributed by atoms with Crippen molar-refractivity contribution >= 4 is 5.97 Å². The quantitative estimate of drug-likeness (QED) is 0.353. The Morgan fingerprint density at radius 1 is 1.62 bits per heavy atom. The maximum Gasteiger partial charge on any atom is 0.352 e. The number of hydrogen-bond donors (Lipinski definition) is 2. The van der Waals surface area contributed by atoms with E-state index in [1.165, 1.54) is 0 Å². The number of rotatable bonds is 2. The molecule has 0 bridgehead atoms. The van der Waals surface area contributed by atoms with Crippen LogP contribution in [-0.4, -0.2) is 12.6 Å². The van der Waals surface area contributed by atoms with Gasteiger partial charge in [-0.1, -0.05) is 0 Å². The van der Waals surface area contributed by atoms with Gasteiger partial charge in [0.1, 0.15) is 11.9 Å². The lowest BCUT2D eigenvalue weighted by Crippen LogP contribution is -2.19. The van der Waals surface area contributed by atoms with Crippen molar-refractivity contribution in [1.82, 2.24) is 10.6 Å². The number of esters is 1. The number of carbonyl (C=O) groups excluding carboxylic acids is 1. The second-order valence-electron chi connectivity index (χ2n) is 2.20. The molecule has 0 amide bonds. The number of nitrogens with zero attached hydrogens (tertiary/aromatic N) is 1. The predicted molar refractivity (Wildman–Crippen MR) is 44.7 cm³/mol. The van der Waals surface area contributed by atoms with E-state index < -0.39 is 5.97 Å². The fraction of sp³-hybridized carbons (Fsp3) is 0.250. The molecular formula is C8H9N3O2. The Hall–Kier alpha value is -1.96. The number of carbonyl (C=O) groups is 1. The van der Waals surface area contributed by atoms with Crippen LogP contribution in [0.2, 0.25) is 0 Å². The third kappa shape index (κ3) is 1.99. The van der Waals surface area contributed by atoms with E-state index in [1.54, 1.807) is 25.4 Å². The lowest BCUT2D eigenvalue weighted by atomic mass is 10.3. The van der Waals surface area contributed by atoms with Gasteiger partial charge in [-0.05, 0) is 6.92 Å². The Kier molecular flexibility index (Phi) is 2.92. The molecule has 13 heavy (non-hydrogen) atoms. The van der Waals surface area contributed by atoms with E-state index in [2.05, 4.69) is 15.4 Å². The molecular weight excluding hydrogens is 170 g/mol. The lowest BCUT2D eigenvalue weighted by molar-refractivity contribution is -0.138. The van der Waals surface area contributed by atoms with Crippen LogP contribution in [0.4, 0.5) is 0 Å². The molecule has 1 aliphatic heterocycles. The molecule has 1 aliphatic rings. The minimum Gasteiger partial charge on any atom is -0.462 e. The first-order chi connectivity index (χ1) is 6.29. The highest BCUT2D eigenvalue weighted by molar-refractivity contribution is 5.93. The molecule has 2 N–H and O–H groups in total. The Morgan fingerprint density at radius 3 is 2.69 bits per heavy atom. The molecule has 1 heterocycles. The highest BCUT2D eigenvalue weighted by atomic mass is 16.5. The molecule has 0 aromatic heterocycles. The van der Waals surface area contributed by atoms with Crippen molar-refractivity contribution in [2.24, 2.45) is 0 Å². The Labute approximate surface area is 75.7 Å². The predicted octanol–water partition coefficient (Wildman–Crippen LogP) is -0.0513. The average molecular weight is 179 g/mol. The van der Waals surface area contributed by atoms with E-state index in [-0.39, 0.29) is 12.2 Å². The van der Waals surface area contributed by atoms with Gasteiger partial charge in [-0.2, -0.15) is 5.26 Å². The van der Waals surface area contributed by atoms with Crippen molar-refractivity contribution in [3.63, 3.8) is 0 Å². The van der Waals surface area contributed by atoms with Crippen molar-refractivity contribution < 1.29 is 9.53 Å². The van der Waals surface area contributed by atoms with E-state index in [9.17, 15) is 4.79 Å². The molecule has 1 rings (SSSR count). The Morgan fingerprint density at radius 2 is 2.23 bits per heavy atom. The normalized spacial score (nSPS) is 12.8. The van der Waals surface area contributed by atoms with Gasteiger partial charge in [0, 0.05) is 12.4 Å². The molecule has 0 saturated carbocycles. The third-order valence-corrected chi connectivity index (χ3v) is 1.38. The van der Waals surface area contributed by atoms with Crippen molar-refractivity contribution in [2.45, 2.75) is 6.92 Å². The van der Waals surface area contributed by atoms with Gasteiger partial charge in [-0.3, -0.25) is 0 Å². The van der Waals surface area contributed by atoms with Crippen molar-refractivity contribution in [3.05, 3.63) is 23.8 Å². The lowest BCUT2D eigenvalue weighted by Gasteiger charge is -2.03.